The minimum absolute atomic E-state index is 0.266. The zero-order chi connectivity index (χ0) is 13.2. The van der Waals surface area contributed by atoms with E-state index in [9.17, 15) is 8.42 Å². The first-order valence-corrected chi connectivity index (χ1v) is 7.86. The van der Waals surface area contributed by atoms with Crippen LogP contribution in [0.3, 0.4) is 0 Å². The van der Waals surface area contributed by atoms with Gasteiger partial charge in [-0.05, 0) is 24.1 Å². The number of nitrogens with zero attached hydrogens (tertiary/aromatic N) is 1. The van der Waals surface area contributed by atoms with Crippen LogP contribution < -0.4 is 10.5 Å². The van der Waals surface area contributed by atoms with Crippen LogP contribution in [0.5, 0.6) is 0 Å². The van der Waals surface area contributed by atoms with Crippen molar-refractivity contribution in [2.75, 3.05) is 24.1 Å². The van der Waals surface area contributed by atoms with Crippen LogP contribution in [-0.4, -0.2) is 38.7 Å². The Morgan fingerprint density at radius 2 is 2.28 bits per heavy atom. The molecule has 1 atom stereocenters. The Balaban J connectivity index is 2.03. The SMILES string of the molecule is CS(=O)(=O)Nc1cccc(CN2CC[C@@H](N)C2)c1. The zero-order valence-corrected chi connectivity index (χ0v) is 11.3. The maximum Gasteiger partial charge on any atom is 0.229 e. The van der Waals surface area contributed by atoms with Gasteiger partial charge in [0.15, 0.2) is 0 Å². The standard InChI is InChI=1S/C12H19N3O2S/c1-18(16,17)14-12-4-2-3-10(7-12)8-15-6-5-11(13)9-15/h2-4,7,11,14H,5-6,8-9,13H2,1H3/t11-/m1/s1. The number of anilines is 1. The monoisotopic (exact) mass is 269 g/mol. The molecule has 1 aliphatic rings. The highest BCUT2D eigenvalue weighted by atomic mass is 32.2. The fourth-order valence-corrected chi connectivity index (χ4v) is 2.77. The molecule has 2 rings (SSSR count). The number of sulfonamides is 1. The minimum atomic E-state index is -3.21. The first-order chi connectivity index (χ1) is 8.42. The molecule has 0 amide bonds. The first-order valence-electron chi connectivity index (χ1n) is 5.97. The summed E-state index contributed by atoms with van der Waals surface area (Å²) < 4.78 is 24.8. The van der Waals surface area contributed by atoms with Gasteiger partial charge in [0, 0.05) is 31.4 Å². The van der Waals surface area contributed by atoms with Gasteiger partial charge in [-0.25, -0.2) is 8.42 Å². The van der Waals surface area contributed by atoms with Crippen molar-refractivity contribution in [3.8, 4) is 0 Å². The van der Waals surface area contributed by atoms with Crippen LogP contribution in [0.4, 0.5) is 5.69 Å². The van der Waals surface area contributed by atoms with Crippen molar-refractivity contribution in [1.82, 2.24) is 4.90 Å². The second-order valence-corrected chi connectivity index (χ2v) is 6.61. The van der Waals surface area contributed by atoms with Gasteiger partial charge in [0.05, 0.1) is 6.26 Å². The molecule has 1 fully saturated rings. The van der Waals surface area contributed by atoms with E-state index in [-0.39, 0.29) is 6.04 Å². The summed E-state index contributed by atoms with van der Waals surface area (Å²) in [6.45, 7) is 2.72. The second kappa shape index (κ2) is 5.26. The lowest BCUT2D eigenvalue weighted by atomic mass is 10.2. The lowest BCUT2D eigenvalue weighted by molar-refractivity contribution is 0.327. The Bertz CT molecular complexity index is 516. The highest BCUT2D eigenvalue weighted by Gasteiger charge is 2.18. The van der Waals surface area contributed by atoms with Crippen molar-refractivity contribution in [2.24, 2.45) is 5.73 Å². The Morgan fingerprint density at radius 3 is 2.89 bits per heavy atom. The molecule has 0 unspecified atom stereocenters. The van der Waals surface area contributed by atoms with Crippen LogP contribution in [0, 0.1) is 0 Å². The normalized spacial score (nSPS) is 21.1. The number of rotatable bonds is 4. The third-order valence-corrected chi connectivity index (χ3v) is 3.55. The molecule has 0 bridgehead atoms. The van der Waals surface area contributed by atoms with Crippen molar-refractivity contribution < 1.29 is 8.42 Å². The van der Waals surface area contributed by atoms with E-state index in [4.69, 9.17) is 5.73 Å². The van der Waals surface area contributed by atoms with Crippen LogP contribution in [0.15, 0.2) is 24.3 Å². The fourth-order valence-electron chi connectivity index (χ4n) is 2.21. The van der Waals surface area contributed by atoms with Crippen LogP contribution in [-0.2, 0) is 16.6 Å². The molecule has 5 nitrogen and oxygen atoms in total. The minimum Gasteiger partial charge on any atom is -0.326 e. The average molecular weight is 269 g/mol. The number of hydrogen-bond donors (Lipinski definition) is 2. The van der Waals surface area contributed by atoms with Gasteiger partial charge in [0.25, 0.3) is 0 Å². The second-order valence-electron chi connectivity index (χ2n) is 4.86. The summed E-state index contributed by atoms with van der Waals surface area (Å²) in [5.41, 5.74) is 7.56. The smallest absolute Gasteiger partial charge is 0.229 e. The number of nitrogens with one attached hydrogen (secondary N) is 1. The van der Waals surface area contributed by atoms with Crippen LogP contribution >= 0.6 is 0 Å². The van der Waals surface area contributed by atoms with E-state index >= 15 is 0 Å². The molecule has 6 heteroatoms. The number of likely N-dealkylation sites (tertiary alicyclic amines) is 1. The first kappa shape index (κ1) is 13.3. The van der Waals surface area contributed by atoms with Gasteiger partial charge in [-0.1, -0.05) is 12.1 Å². The van der Waals surface area contributed by atoms with E-state index in [1.54, 1.807) is 6.07 Å². The topological polar surface area (TPSA) is 75.4 Å². The third-order valence-electron chi connectivity index (χ3n) is 2.95. The molecule has 1 aliphatic heterocycles. The summed E-state index contributed by atoms with van der Waals surface area (Å²) in [5, 5.41) is 0. The molecule has 100 valence electrons. The van der Waals surface area contributed by atoms with Gasteiger partial charge < -0.3 is 5.73 Å². The van der Waals surface area contributed by atoms with Gasteiger partial charge in [-0.3, -0.25) is 9.62 Å². The molecule has 1 aromatic carbocycles. The Hall–Kier alpha value is -1.11. The molecule has 1 aromatic rings. The Kier molecular flexibility index (Phi) is 3.89. The lowest BCUT2D eigenvalue weighted by Crippen LogP contribution is -2.26. The quantitative estimate of drug-likeness (QED) is 0.839. The van der Waals surface area contributed by atoms with E-state index in [2.05, 4.69) is 9.62 Å². The van der Waals surface area contributed by atoms with Crippen molar-refractivity contribution in [3.05, 3.63) is 29.8 Å². The van der Waals surface area contributed by atoms with Crippen LogP contribution in [0.2, 0.25) is 0 Å². The highest BCUT2D eigenvalue weighted by molar-refractivity contribution is 7.92. The molecule has 0 aromatic heterocycles. The predicted molar refractivity (Wildman–Crippen MR) is 72.8 cm³/mol. The van der Waals surface area contributed by atoms with E-state index in [0.29, 0.717) is 5.69 Å². The van der Waals surface area contributed by atoms with Crippen molar-refractivity contribution >= 4 is 15.7 Å². The molecule has 1 saturated heterocycles. The van der Waals surface area contributed by atoms with E-state index in [0.717, 1.165) is 37.9 Å². The molecule has 3 N–H and O–H groups in total. The predicted octanol–water partition coefficient (Wildman–Crippen LogP) is 0.591. The summed E-state index contributed by atoms with van der Waals surface area (Å²) in [4.78, 5) is 2.28. The largest absolute Gasteiger partial charge is 0.326 e. The summed E-state index contributed by atoms with van der Waals surface area (Å²) in [6.07, 6.45) is 2.18. The Morgan fingerprint density at radius 1 is 1.50 bits per heavy atom. The average Bonchev–Trinajstić information content (AvgIpc) is 2.62. The summed E-state index contributed by atoms with van der Waals surface area (Å²) >= 11 is 0. The van der Waals surface area contributed by atoms with Gasteiger partial charge in [0.2, 0.25) is 10.0 Å². The molecule has 0 aliphatic carbocycles. The van der Waals surface area contributed by atoms with Crippen LogP contribution in [0.1, 0.15) is 12.0 Å². The lowest BCUT2D eigenvalue weighted by Gasteiger charge is -2.15. The molecule has 18 heavy (non-hydrogen) atoms. The van der Waals surface area contributed by atoms with E-state index in [1.165, 1.54) is 0 Å². The summed E-state index contributed by atoms with van der Waals surface area (Å²) in [7, 11) is -3.21. The molecule has 0 saturated carbocycles. The van der Waals surface area contributed by atoms with Crippen molar-refractivity contribution in [2.45, 2.75) is 19.0 Å². The maximum atomic E-state index is 11.2. The highest BCUT2D eigenvalue weighted by Crippen LogP contribution is 2.16. The maximum absolute atomic E-state index is 11.2. The van der Waals surface area contributed by atoms with E-state index in [1.807, 2.05) is 18.2 Å². The third kappa shape index (κ3) is 3.97. The molecule has 0 radical (unpaired) electrons. The van der Waals surface area contributed by atoms with E-state index < -0.39 is 10.0 Å². The van der Waals surface area contributed by atoms with Crippen LogP contribution in [0.25, 0.3) is 0 Å². The number of nitrogens with two attached hydrogens (primary N) is 1. The number of benzene rings is 1. The van der Waals surface area contributed by atoms with Crippen molar-refractivity contribution in [3.63, 3.8) is 0 Å². The molecular formula is C12H19N3O2S. The van der Waals surface area contributed by atoms with Gasteiger partial charge >= 0.3 is 0 Å². The van der Waals surface area contributed by atoms with Gasteiger partial charge in [-0.2, -0.15) is 0 Å². The molecule has 1 heterocycles. The van der Waals surface area contributed by atoms with Crippen molar-refractivity contribution in [1.29, 1.82) is 0 Å². The summed E-state index contributed by atoms with van der Waals surface area (Å²) in [6, 6.07) is 7.74. The van der Waals surface area contributed by atoms with Gasteiger partial charge in [0.1, 0.15) is 0 Å². The zero-order valence-electron chi connectivity index (χ0n) is 10.5. The number of hydrogen-bond acceptors (Lipinski definition) is 4. The molecular weight excluding hydrogens is 250 g/mol. The fraction of sp³-hybridized carbons (Fsp3) is 0.500. The molecule has 0 spiro atoms. The van der Waals surface area contributed by atoms with Gasteiger partial charge in [-0.15, -0.1) is 0 Å². The summed E-state index contributed by atoms with van der Waals surface area (Å²) in [5.74, 6) is 0. The Labute approximate surface area is 108 Å².